The maximum Gasteiger partial charge on any atom is 0.244 e. The van der Waals surface area contributed by atoms with E-state index in [0.29, 0.717) is 4.90 Å². The average molecular weight is 395 g/mol. The molecule has 1 saturated carbocycles. The Balaban J connectivity index is 2.41. The quantitative estimate of drug-likeness (QED) is 0.764. The zero-order chi connectivity index (χ0) is 20.2. The normalized spacial score (nSPS) is 17.1. The first kappa shape index (κ1) is 21.9. The smallest absolute Gasteiger partial charge is 0.244 e. The van der Waals surface area contributed by atoms with Crippen LogP contribution in [0.2, 0.25) is 0 Å². The minimum atomic E-state index is -3.74. The van der Waals surface area contributed by atoms with E-state index in [2.05, 4.69) is 5.32 Å². The van der Waals surface area contributed by atoms with Gasteiger partial charge in [0.1, 0.15) is 0 Å². The fraction of sp³-hybridized carbons (Fsp3) is 0.667. The predicted molar refractivity (Wildman–Crippen MR) is 109 cm³/mol. The molecular formula is C21H34N2O3S. The third-order valence-corrected chi connectivity index (χ3v) is 7.68. The van der Waals surface area contributed by atoms with Gasteiger partial charge in [-0.25, -0.2) is 8.42 Å². The number of hydrogen-bond donors (Lipinski definition) is 1. The number of nitrogens with zero attached hydrogens (tertiary/aromatic N) is 1. The molecule has 1 aromatic rings. The van der Waals surface area contributed by atoms with Crippen molar-refractivity contribution in [2.45, 2.75) is 90.1 Å². The van der Waals surface area contributed by atoms with E-state index < -0.39 is 10.0 Å². The number of nitrogens with one attached hydrogen (secondary N) is 1. The molecular weight excluding hydrogens is 360 g/mol. The van der Waals surface area contributed by atoms with Gasteiger partial charge < -0.3 is 5.32 Å². The number of hydrogen-bond acceptors (Lipinski definition) is 3. The van der Waals surface area contributed by atoms with Crippen molar-refractivity contribution in [3.05, 3.63) is 28.8 Å². The molecule has 1 amide bonds. The second kappa shape index (κ2) is 9.20. The van der Waals surface area contributed by atoms with Gasteiger partial charge in [0.2, 0.25) is 15.9 Å². The number of benzene rings is 1. The summed E-state index contributed by atoms with van der Waals surface area (Å²) in [5, 5.41) is 2.92. The molecule has 5 nitrogen and oxygen atoms in total. The Hall–Kier alpha value is -1.40. The van der Waals surface area contributed by atoms with E-state index >= 15 is 0 Å². The molecule has 1 aromatic carbocycles. The third-order valence-electron chi connectivity index (χ3n) is 5.47. The van der Waals surface area contributed by atoms with Crippen LogP contribution in [0.25, 0.3) is 0 Å². The summed E-state index contributed by atoms with van der Waals surface area (Å²) >= 11 is 0. The van der Waals surface area contributed by atoms with E-state index in [1.165, 1.54) is 4.31 Å². The summed E-state index contributed by atoms with van der Waals surface area (Å²) in [6.07, 6.45) is 5.61. The van der Waals surface area contributed by atoms with E-state index in [0.717, 1.165) is 55.2 Å². The van der Waals surface area contributed by atoms with E-state index in [-0.39, 0.29) is 24.5 Å². The Morgan fingerprint density at radius 3 is 2.22 bits per heavy atom. The molecule has 1 fully saturated rings. The average Bonchev–Trinajstić information content (AvgIpc) is 2.59. The summed E-state index contributed by atoms with van der Waals surface area (Å²) in [5.74, 6) is -0.221. The molecule has 2 rings (SSSR count). The zero-order valence-electron chi connectivity index (χ0n) is 17.3. The summed E-state index contributed by atoms with van der Waals surface area (Å²) in [4.78, 5) is 12.9. The summed E-state index contributed by atoms with van der Waals surface area (Å²) in [5.41, 5.74) is 2.54. The Kier molecular flexibility index (Phi) is 7.46. The number of carbonyl (C=O) groups is 1. The first-order valence-electron chi connectivity index (χ1n) is 10.1. The minimum absolute atomic E-state index is 0.0382. The standard InChI is InChI=1S/C21H34N2O3S/c1-6-18(5)22-20(24)14-23(19-10-8-7-9-11-19)27(25,26)21-16(3)12-15(2)13-17(21)4/h12-13,18-19H,6-11,14H2,1-5H3,(H,22,24)/t18-/m1/s1. The zero-order valence-corrected chi connectivity index (χ0v) is 18.2. The van der Waals surface area contributed by atoms with Gasteiger partial charge in [0.15, 0.2) is 0 Å². The van der Waals surface area contributed by atoms with Crippen LogP contribution in [0.5, 0.6) is 0 Å². The number of aryl methyl sites for hydroxylation is 3. The second-order valence-corrected chi connectivity index (χ2v) is 9.77. The third kappa shape index (κ3) is 5.32. The molecule has 6 heteroatoms. The Morgan fingerprint density at radius 2 is 1.70 bits per heavy atom. The van der Waals surface area contributed by atoms with E-state index in [4.69, 9.17) is 0 Å². The van der Waals surface area contributed by atoms with Gasteiger partial charge >= 0.3 is 0 Å². The lowest BCUT2D eigenvalue weighted by molar-refractivity contribution is -0.122. The number of sulfonamides is 1. The van der Waals surface area contributed by atoms with Gasteiger partial charge in [0.25, 0.3) is 0 Å². The van der Waals surface area contributed by atoms with Crippen LogP contribution in [-0.2, 0) is 14.8 Å². The van der Waals surface area contributed by atoms with Crippen LogP contribution in [0.3, 0.4) is 0 Å². The number of amides is 1. The molecule has 0 aliphatic heterocycles. The molecule has 1 atom stereocenters. The Morgan fingerprint density at radius 1 is 1.15 bits per heavy atom. The molecule has 0 heterocycles. The highest BCUT2D eigenvalue weighted by molar-refractivity contribution is 7.89. The van der Waals surface area contributed by atoms with Gasteiger partial charge in [0.05, 0.1) is 11.4 Å². The van der Waals surface area contributed by atoms with Gasteiger partial charge in [0, 0.05) is 12.1 Å². The molecule has 0 aromatic heterocycles. The monoisotopic (exact) mass is 394 g/mol. The van der Waals surface area contributed by atoms with Crippen molar-refractivity contribution in [3.63, 3.8) is 0 Å². The maximum atomic E-state index is 13.6. The number of rotatable bonds is 7. The molecule has 0 radical (unpaired) electrons. The first-order chi connectivity index (χ1) is 12.7. The molecule has 0 unspecified atom stereocenters. The molecule has 152 valence electrons. The molecule has 27 heavy (non-hydrogen) atoms. The fourth-order valence-corrected chi connectivity index (χ4v) is 6.09. The SMILES string of the molecule is CC[C@@H](C)NC(=O)CN(C1CCCCC1)S(=O)(=O)c1c(C)cc(C)cc1C. The highest BCUT2D eigenvalue weighted by atomic mass is 32.2. The Bertz CT molecular complexity index is 745. The van der Waals surface area contributed by atoms with Crippen LogP contribution in [-0.4, -0.2) is 37.3 Å². The van der Waals surface area contributed by atoms with Crippen molar-refractivity contribution < 1.29 is 13.2 Å². The maximum absolute atomic E-state index is 13.6. The topological polar surface area (TPSA) is 66.5 Å². The van der Waals surface area contributed by atoms with Crippen LogP contribution >= 0.6 is 0 Å². The van der Waals surface area contributed by atoms with Gasteiger partial charge in [-0.1, -0.05) is 43.9 Å². The Labute approximate surface area is 164 Å². The molecule has 1 aliphatic rings. The van der Waals surface area contributed by atoms with Crippen LogP contribution in [0, 0.1) is 20.8 Å². The van der Waals surface area contributed by atoms with Crippen LogP contribution in [0.4, 0.5) is 0 Å². The van der Waals surface area contributed by atoms with E-state index in [9.17, 15) is 13.2 Å². The highest BCUT2D eigenvalue weighted by Gasteiger charge is 2.35. The molecule has 0 saturated heterocycles. The van der Waals surface area contributed by atoms with Gasteiger partial charge in [-0.3, -0.25) is 4.79 Å². The minimum Gasteiger partial charge on any atom is -0.353 e. The summed E-state index contributed by atoms with van der Waals surface area (Å²) in [6, 6.07) is 3.74. The van der Waals surface area contributed by atoms with Crippen molar-refractivity contribution in [1.82, 2.24) is 9.62 Å². The second-order valence-electron chi connectivity index (χ2n) is 7.95. The van der Waals surface area contributed by atoms with Crippen molar-refractivity contribution in [2.75, 3.05) is 6.54 Å². The van der Waals surface area contributed by atoms with Crippen molar-refractivity contribution in [1.29, 1.82) is 0 Å². The van der Waals surface area contributed by atoms with Crippen molar-refractivity contribution >= 4 is 15.9 Å². The van der Waals surface area contributed by atoms with E-state index in [1.54, 1.807) is 0 Å². The van der Waals surface area contributed by atoms with Crippen LogP contribution in [0.1, 0.15) is 69.1 Å². The largest absolute Gasteiger partial charge is 0.353 e. The van der Waals surface area contributed by atoms with Gasteiger partial charge in [-0.2, -0.15) is 4.31 Å². The summed E-state index contributed by atoms with van der Waals surface area (Å²) < 4.78 is 28.7. The molecule has 1 aliphatic carbocycles. The predicted octanol–water partition coefficient (Wildman–Crippen LogP) is 3.85. The fourth-order valence-electron chi connectivity index (χ4n) is 4.03. The van der Waals surface area contributed by atoms with E-state index in [1.807, 2.05) is 46.8 Å². The van der Waals surface area contributed by atoms with Crippen molar-refractivity contribution in [3.8, 4) is 0 Å². The van der Waals surface area contributed by atoms with Crippen LogP contribution in [0.15, 0.2) is 17.0 Å². The summed E-state index contributed by atoms with van der Waals surface area (Å²) in [6.45, 7) is 9.47. The summed E-state index contributed by atoms with van der Waals surface area (Å²) in [7, 11) is -3.74. The van der Waals surface area contributed by atoms with Gasteiger partial charge in [-0.05, 0) is 58.1 Å². The lowest BCUT2D eigenvalue weighted by Crippen LogP contribution is -2.48. The first-order valence-corrected chi connectivity index (χ1v) is 11.5. The molecule has 1 N–H and O–H groups in total. The van der Waals surface area contributed by atoms with Crippen LogP contribution < -0.4 is 5.32 Å². The molecule has 0 bridgehead atoms. The molecule has 0 spiro atoms. The van der Waals surface area contributed by atoms with Gasteiger partial charge in [-0.15, -0.1) is 0 Å². The number of carbonyl (C=O) groups excluding carboxylic acids is 1. The lowest BCUT2D eigenvalue weighted by Gasteiger charge is -2.34. The highest BCUT2D eigenvalue weighted by Crippen LogP contribution is 2.31. The van der Waals surface area contributed by atoms with Crippen molar-refractivity contribution in [2.24, 2.45) is 0 Å². The lowest BCUT2D eigenvalue weighted by atomic mass is 9.95.